The average Bonchev–Trinajstić information content (AvgIpc) is 2.97. The first kappa shape index (κ1) is 12.5. The third-order valence-corrected chi connectivity index (χ3v) is 2.76. The molecule has 16 heavy (non-hydrogen) atoms. The predicted octanol–water partition coefficient (Wildman–Crippen LogP) is -0.523. The van der Waals surface area contributed by atoms with E-state index in [1.165, 1.54) is 0 Å². The smallest absolute Gasteiger partial charge is 0.326 e. The molecule has 1 rings (SSSR count). The molecule has 6 heteroatoms. The number of carboxylic acids is 1. The van der Waals surface area contributed by atoms with Gasteiger partial charge in [-0.15, -0.1) is 0 Å². The lowest BCUT2D eigenvalue weighted by atomic mass is 10.0. The minimum atomic E-state index is -1.24. The second-order valence-electron chi connectivity index (χ2n) is 4.20. The maximum absolute atomic E-state index is 11.6. The minimum Gasteiger partial charge on any atom is -0.480 e. The van der Waals surface area contributed by atoms with E-state index < -0.39 is 17.9 Å². The van der Waals surface area contributed by atoms with Crippen molar-refractivity contribution < 1.29 is 19.5 Å². The fraction of sp³-hybridized carbons (Fsp3) is 0.700. The van der Waals surface area contributed by atoms with Crippen LogP contribution in [0.15, 0.2) is 0 Å². The maximum atomic E-state index is 11.6. The van der Waals surface area contributed by atoms with Gasteiger partial charge in [-0.3, -0.25) is 9.59 Å². The molecular formula is C10H16N2O4. The zero-order valence-electron chi connectivity index (χ0n) is 9.10. The van der Waals surface area contributed by atoms with E-state index in [-0.39, 0.29) is 18.2 Å². The molecule has 6 nitrogen and oxygen atoms in total. The summed E-state index contributed by atoms with van der Waals surface area (Å²) < 4.78 is 0. The topological polar surface area (TPSA) is 109 Å². The highest BCUT2D eigenvalue weighted by Gasteiger charge is 2.34. The quantitative estimate of drug-likeness (QED) is 0.568. The third kappa shape index (κ3) is 3.52. The Labute approximate surface area is 93.2 Å². The zero-order chi connectivity index (χ0) is 12.3. The van der Waals surface area contributed by atoms with Gasteiger partial charge >= 0.3 is 5.97 Å². The summed E-state index contributed by atoms with van der Waals surface area (Å²) in [5, 5.41) is 11.1. The molecule has 90 valence electrons. The van der Waals surface area contributed by atoms with E-state index in [1.807, 2.05) is 0 Å². The van der Waals surface area contributed by atoms with E-state index in [4.69, 9.17) is 10.8 Å². The number of carbonyl (C=O) groups excluding carboxylic acids is 2. The van der Waals surface area contributed by atoms with Gasteiger partial charge in [0.25, 0.3) is 0 Å². The van der Waals surface area contributed by atoms with Gasteiger partial charge in [-0.05, 0) is 18.8 Å². The first-order valence-corrected chi connectivity index (χ1v) is 5.23. The molecule has 0 heterocycles. The fourth-order valence-electron chi connectivity index (χ4n) is 1.51. The molecule has 1 aliphatic rings. The summed E-state index contributed by atoms with van der Waals surface area (Å²) in [6, 6.07) is -1.22. The van der Waals surface area contributed by atoms with Crippen LogP contribution in [0.3, 0.4) is 0 Å². The third-order valence-electron chi connectivity index (χ3n) is 2.76. The van der Waals surface area contributed by atoms with E-state index in [0.717, 1.165) is 12.8 Å². The summed E-state index contributed by atoms with van der Waals surface area (Å²) in [6.45, 7) is 1.76. The highest BCUT2D eigenvalue weighted by molar-refractivity contribution is 5.88. The Hall–Kier alpha value is -1.59. The monoisotopic (exact) mass is 228 g/mol. The summed E-state index contributed by atoms with van der Waals surface area (Å²) in [6.07, 6.45) is 1.63. The molecule has 1 aliphatic carbocycles. The summed E-state index contributed by atoms with van der Waals surface area (Å²) in [5.74, 6) is -2.16. The number of hydrogen-bond donors (Lipinski definition) is 3. The highest BCUT2D eigenvalue weighted by atomic mass is 16.4. The molecule has 0 bridgehead atoms. The zero-order valence-corrected chi connectivity index (χ0v) is 9.10. The van der Waals surface area contributed by atoms with Crippen molar-refractivity contribution in [2.45, 2.75) is 32.2 Å². The number of carboxylic acid groups (broad SMARTS) is 1. The van der Waals surface area contributed by atoms with Crippen LogP contribution in [0.25, 0.3) is 0 Å². The molecule has 0 aromatic heterocycles. The Morgan fingerprint density at radius 2 is 2.00 bits per heavy atom. The standard InChI is InChI=1S/C10H16N2O4/c1-5(6-2-3-6)9(14)12-7(10(15)16)4-8(11)13/h5-7H,2-4H2,1H3,(H2,11,13)(H,12,14)(H,15,16). The van der Waals surface area contributed by atoms with Crippen LogP contribution in [0.4, 0.5) is 0 Å². The van der Waals surface area contributed by atoms with Gasteiger partial charge in [0.2, 0.25) is 11.8 Å². The number of nitrogens with one attached hydrogen (secondary N) is 1. The van der Waals surface area contributed by atoms with Gasteiger partial charge < -0.3 is 16.2 Å². The fourth-order valence-corrected chi connectivity index (χ4v) is 1.51. The van der Waals surface area contributed by atoms with Crippen LogP contribution in [0.5, 0.6) is 0 Å². The van der Waals surface area contributed by atoms with E-state index in [2.05, 4.69) is 5.32 Å². The van der Waals surface area contributed by atoms with Gasteiger partial charge in [-0.1, -0.05) is 6.92 Å². The SMILES string of the molecule is CC(C(=O)NC(CC(N)=O)C(=O)O)C1CC1. The number of aliphatic carboxylic acids is 1. The lowest BCUT2D eigenvalue weighted by Gasteiger charge is -2.16. The summed E-state index contributed by atoms with van der Waals surface area (Å²) in [7, 11) is 0. The first-order valence-electron chi connectivity index (χ1n) is 5.23. The molecule has 4 N–H and O–H groups in total. The van der Waals surface area contributed by atoms with Gasteiger partial charge in [0, 0.05) is 5.92 Å². The van der Waals surface area contributed by atoms with E-state index in [9.17, 15) is 14.4 Å². The minimum absolute atomic E-state index is 0.199. The molecule has 2 atom stereocenters. The summed E-state index contributed by atoms with van der Waals surface area (Å²) >= 11 is 0. The first-order chi connectivity index (χ1) is 7.41. The van der Waals surface area contributed by atoms with Crippen molar-refractivity contribution >= 4 is 17.8 Å². The number of amides is 2. The van der Waals surface area contributed by atoms with Crippen molar-refractivity contribution in [1.29, 1.82) is 0 Å². The van der Waals surface area contributed by atoms with Crippen LogP contribution in [-0.2, 0) is 14.4 Å². The van der Waals surface area contributed by atoms with Crippen LogP contribution in [0.2, 0.25) is 0 Å². The van der Waals surface area contributed by atoms with Crippen LogP contribution < -0.4 is 11.1 Å². The second kappa shape index (κ2) is 4.96. The molecule has 0 spiro atoms. The van der Waals surface area contributed by atoms with Crippen LogP contribution >= 0.6 is 0 Å². The Kier molecular flexibility index (Phi) is 3.87. The van der Waals surface area contributed by atoms with Crippen molar-refractivity contribution in [2.24, 2.45) is 17.6 Å². The van der Waals surface area contributed by atoms with Crippen molar-refractivity contribution in [3.05, 3.63) is 0 Å². The highest BCUT2D eigenvalue weighted by Crippen LogP contribution is 2.36. The maximum Gasteiger partial charge on any atom is 0.326 e. The van der Waals surface area contributed by atoms with Crippen molar-refractivity contribution in [1.82, 2.24) is 5.32 Å². The van der Waals surface area contributed by atoms with Crippen LogP contribution in [-0.4, -0.2) is 28.9 Å². The van der Waals surface area contributed by atoms with E-state index in [1.54, 1.807) is 6.92 Å². The van der Waals surface area contributed by atoms with Crippen molar-refractivity contribution in [3.63, 3.8) is 0 Å². The Balaban J connectivity index is 2.49. The number of rotatable bonds is 6. The van der Waals surface area contributed by atoms with Gasteiger partial charge in [0.1, 0.15) is 6.04 Å². The normalized spacial score (nSPS) is 18.6. The van der Waals surface area contributed by atoms with Gasteiger partial charge in [-0.2, -0.15) is 0 Å². The molecule has 0 aromatic rings. The molecule has 0 saturated heterocycles. The molecule has 2 unspecified atom stereocenters. The Morgan fingerprint density at radius 3 is 2.38 bits per heavy atom. The van der Waals surface area contributed by atoms with Gasteiger partial charge in [-0.25, -0.2) is 4.79 Å². The molecular weight excluding hydrogens is 212 g/mol. The molecule has 0 aliphatic heterocycles. The average molecular weight is 228 g/mol. The Morgan fingerprint density at radius 1 is 1.44 bits per heavy atom. The van der Waals surface area contributed by atoms with Crippen LogP contribution in [0.1, 0.15) is 26.2 Å². The molecule has 1 fully saturated rings. The Bertz CT molecular complexity index is 312. The number of hydrogen-bond acceptors (Lipinski definition) is 3. The summed E-state index contributed by atoms with van der Waals surface area (Å²) in [4.78, 5) is 33.0. The second-order valence-corrected chi connectivity index (χ2v) is 4.20. The molecule has 0 radical (unpaired) electrons. The molecule has 1 saturated carbocycles. The number of primary amides is 1. The largest absolute Gasteiger partial charge is 0.480 e. The number of carbonyl (C=O) groups is 3. The van der Waals surface area contributed by atoms with E-state index in [0.29, 0.717) is 5.92 Å². The van der Waals surface area contributed by atoms with Crippen LogP contribution in [0, 0.1) is 11.8 Å². The van der Waals surface area contributed by atoms with E-state index >= 15 is 0 Å². The lowest BCUT2D eigenvalue weighted by Crippen LogP contribution is -2.45. The molecule has 2 amide bonds. The molecule has 0 aromatic carbocycles. The number of nitrogens with two attached hydrogens (primary N) is 1. The van der Waals surface area contributed by atoms with Crippen molar-refractivity contribution in [2.75, 3.05) is 0 Å². The summed E-state index contributed by atoms with van der Waals surface area (Å²) in [5.41, 5.74) is 4.90. The predicted molar refractivity (Wildman–Crippen MR) is 55.3 cm³/mol. The van der Waals surface area contributed by atoms with Gasteiger partial charge in [0.15, 0.2) is 0 Å². The van der Waals surface area contributed by atoms with Gasteiger partial charge in [0.05, 0.1) is 6.42 Å². The lowest BCUT2D eigenvalue weighted by molar-refractivity contribution is -0.144. The van der Waals surface area contributed by atoms with Crippen molar-refractivity contribution in [3.8, 4) is 0 Å².